The largest absolute Gasteiger partial charge is 0.469 e. The molecule has 0 aliphatic heterocycles. The van der Waals surface area contributed by atoms with E-state index in [1.807, 2.05) is 0 Å². The van der Waals surface area contributed by atoms with Crippen molar-refractivity contribution in [2.24, 2.45) is 40.4 Å². The van der Waals surface area contributed by atoms with Gasteiger partial charge < -0.3 is 4.74 Å². The summed E-state index contributed by atoms with van der Waals surface area (Å²) < 4.78 is 4.81. The van der Waals surface area contributed by atoms with Gasteiger partial charge in [-0.15, -0.1) is 0 Å². The monoisotopic (exact) mass is 386 g/mol. The number of esters is 1. The molecule has 4 rings (SSSR count). The van der Waals surface area contributed by atoms with E-state index < -0.39 is 0 Å². The van der Waals surface area contributed by atoms with Crippen molar-refractivity contribution in [3.05, 3.63) is 12.2 Å². The van der Waals surface area contributed by atoms with Crippen LogP contribution in [0.5, 0.6) is 0 Å². The van der Waals surface area contributed by atoms with Crippen LogP contribution in [0, 0.1) is 40.4 Å². The molecule has 28 heavy (non-hydrogen) atoms. The maximum Gasteiger partial charge on any atom is 0.305 e. The number of Topliss-reactive ketones (excluding diaryl/α,β-unsaturated/α-hetero) is 1. The highest BCUT2D eigenvalue weighted by molar-refractivity contribution is 5.99. The van der Waals surface area contributed by atoms with Crippen molar-refractivity contribution in [2.75, 3.05) is 7.11 Å². The number of ether oxygens (including phenoxy) is 1. The molecule has 3 nitrogen and oxygen atoms in total. The van der Waals surface area contributed by atoms with Crippen LogP contribution in [-0.4, -0.2) is 18.9 Å². The van der Waals surface area contributed by atoms with Gasteiger partial charge in [-0.3, -0.25) is 9.59 Å². The number of hydrogen-bond donors (Lipinski definition) is 0. The molecule has 4 fully saturated rings. The van der Waals surface area contributed by atoms with Crippen molar-refractivity contribution < 1.29 is 14.3 Å². The highest BCUT2D eigenvalue weighted by atomic mass is 16.5. The van der Waals surface area contributed by atoms with Crippen LogP contribution in [-0.2, 0) is 14.3 Å². The Morgan fingerprint density at radius 1 is 1.07 bits per heavy atom. The van der Waals surface area contributed by atoms with Gasteiger partial charge in [0.25, 0.3) is 0 Å². The van der Waals surface area contributed by atoms with E-state index in [1.165, 1.54) is 58.5 Å². The van der Waals surface area contributed by atoms with E-state index in [1.54, 1.807) is 0 Å². The third kappa shape index (κ3) is 2.91. The van der Waals surface area contributed by atoms with Crippen molar-refractivity contribution >= 4 is 11.8 Å². The average molecular weight is 387 g/mol. The molecule has 0 spiro atoms. The second-order valence-electron chi connectivity index (χ2n) is 10.7. The molecule has 4 saturated carbocycles. The third-order valence-electron chi connectivity index (χ3n) is 9.77. The van der Waals surface area contributed by atoms with Crippen LogP contribution < -0.4 is 0 Å². The molecule has 0 bridgehead atoms. The van der Waals surface area contributed by atoms with E-state index in [4.69, 9.17) is 4.74 Å². The SMILES string of the molecule is C=C1C(=O)C2C3CCC(CCCC(=O)OC)C3(C)CCC2C2(C)CCCCC12. The Hall–Kier alpha value is -1.12. The fraction of sp³-hybridized carbons (Fsp3) is 0.840. The summed E-state index contributed by atoms with van der Waals surface area (Å²) in [4.78, 5) is 25.0. The number of allylic oxidation sites excluding steroid dienone is 1. The first-order chi connectivity index (χ1) is 13.3. The Balaban J connectivity index is 1.55. The van der Waals surface area contributed by atoms with Gasteiger partial charge in [0, 0.05) is 12.3 Å². The van der Waals surface area contributed by atoms with Crippen molar-refractivity contribution in [1.82, 2.24) is 0 Å². The van der Waals surface area contributed by atoms with E-state index in [-0.39, 0.29) is 22.7 Å². The number of methoxy groups -OCH3 is 1. The molecule has 7 unspecified atom stereocenters. The summed E-state index contributed by atoms with van der Waals surface area (Å²) in [5.74, 6) is 2.66. The van der Waals surface area contributed by atoms with Crippen molar-refractivity contribution in [2.45, 2.75) is 84.5 Å². The van der Waals surface area contributed by atoms with Gasteiger partial charge in [0.2, 0.25) is 0 Å². The summed E-state index contributed by atoms with van der Waals surface area (Å²) in [5.41, 5.74) is 1.50. The maximum atomic E-state index is 13.5. The first kappa shape index (κ1) is 20.2. The molecule has 0 aromatic rings. The lowest BCUT2D eigenvalue weighted by atomic mass is 9.43. The molecule has 0 amide bonds. The molecular formula is C25H38O3. The molecule has 0 radical (unpaired) electrons. The second-order valence-corrected chi connectivity index (χ2v) is 10.7. The molecule has 0 saturated heterocycles. The summed E-state index contributed by atoms with van der Waals surface area (Å²) in [6.07, 6.45) is 12.4. The standard InChI is InChI=1S/C25H38O3/c1-16-18-9-5-6-14-25(18,3)20-13-15-24(2)17(8-7-10-21(26)28-4)11-12-19(24)22(20)23(16)27/h17-20,22H,1,5-15H2,2-4H3. The summed E-state index contributed by atoms with van der Waals surface area (Å²) in [6, 6.07) is 0. The lowest BCUT2D eigenvalue weighted by Gasteiger charge is -2.60. The van der Waals surface area contributed by atoms with Gasteiger partial charge >= 0.3 is 5.97 Å². The third-order valence-corrected chi connectivity index (χ3v) is 9.77. The van der Waals surface area contributed by atoms with E-state index in [2.05, 4.69) is 20.4 Å². The zero-order valence-electron chi connectivity index (χ0n) is 18.1. The molecule has 7 atom stereocenters. The Labute approximate surface area is 170 Å². The molecule has 0 N–H and O–H groups in total. The van der Waals surface area contributed by atoms with Crippen LogP contribution in [0.1, 0.15) is 84.5 Å². The van der Waals surface area contributed by atoms with Gasteiger partial charge in [-0.1, -0.05) is 33.3 Å². The molecule has 0 aromatic carbocycles. The highest BCUT2D eigenvalue weighted by Gasteiger charge is 2.62. The van der Waals surface area contributed by atoms with E-state index >= 15 is 0 Å². The fourth-order valence-corrected chi connectivity index (χ4v) is 8.18. The van der Waals surface area contributed by atoms with Crippen molar-refractivity contribution in [3.63, 3.8) is 0 Å². The Morgan fingerprint density at radius 2 is 1.82 bits per heavy atom. The van der Waals surface area contributed by atoms with Crippen molar-refractivity contribution in [1.29, 1.82) is 0 Å². The number of fused-ring (bicyclic) bond motifs is 5. The summed E-state index contributed by atoms with van der Waals surface area (Å²) in [6.45, 7) is 9.29. The zero-order valence-corrected chi connectivity index (χ0v) is 18.1. The number of carbonyl (C=O) groups is 2. The Kier molecular flexibility index (Phi) is 5.25. The fourth-order valence-electron chi connectivity index (χ4n) is 8.18. The van der Waals surface area contributed by atoms with Gasteiger partial charge in [0.05, 0.1) is 7.11 Å². The van der Waals surface area contributed by atoms with Gasteiger partial charge in [-0.05, 0) is 91.4 Å². The van der Waals surface area contributed by atoms with Gasteiger partial charge in [0.15, 0.2) is 5.78 Å². The molecule has 3 heteroatoms. The number of rotatable bonds is 4. The molecule has 0 heterocycles. The van der Waals surface area contributed by atoms with Crippen molar-refractivity contribution in [3.8, 4) is 0 Å². The van der Waals surface area contributed by atoms with E-state index in [0.29, 0.717) is 35.9 Å². The Bertz CT molecular complexity index is 667. The first-order valence-corrected chi connectivity index (χ1v) is 11.6. The molecule has 4 aliphatic rings. The topological polar surface area (TPSA) is 43.4 Å². The lowest BCUT2D eigenvalue weighted by Crippen LogP contribution is -2.57. The predicted molar refractivity (Wildman–Crippen MR) is 111 cm³/mol. The summed E-state index contributed by atoms with van der Waals surface area (Å²) in [7, 11) is 1.47. The summed E-state index contributed by atoms with van der Waals surface area (Å²) >= 11 is 0. The van der Waals surface area contributed by atoms with Crippen LogP contribution in [0.15, 0.2) is 12.2 Å². The minimum Gasteiger partial charge on any atom is -0.469 e. The number of hydrogen-bond acceptors (Lipinski definition) is 3. The highest BCUT2D eigenvalue weighted by Crippen LogP contribution is 2.67. The number of carbonyl (C=O) groups excluding carboxylic acids is 2. The van der Waals surface area contributed by atoms with Crippen LogP contribution in [0.3, 0.4) is 0 Å². The zero-order chi connectivity index (χ0) is 20.1. The molecular weight excluding hydrogens is 348 g/mol. The second kappa shape index (κ2) is 7.29. The maximum absolute atomic E-state index is 13.5. The quantitative estimate of drug-likeness (QED) is 0.458. The van der Waals surface area contributed by atoms with Crippen LogP contribution in [0.2, 0.25) is 0 Å². The molecule has 156 valence electrons. The number of ketones is 1. The average Bonchev–Trinajstić information content (AvgIpc) is 3.02. The smallest absolute Gasteiger partial charge is 0.305 e. The van der Waals surface area contributed by atoms with E-state index in [9.17, 15) is 9.59 Å². The van der Waals surface area contributed by atoms with Crippen LogP contribution >= 0.6 is 0 Å². The lowest BCUT2D eigenvalue weighted by molar-refractivity contribution is -0.145. The Morgan fingerprint density at radius 3 is 2.57 bits per heavy atom. The molecule has 4 aliphatic carbocycles. The van der Waals surface area contributed by atoms with Gasteiger partial charge in [0.1, 0.15) is 0 Å². The minimum atomic E-state index is -0.0987. The van der Waals surface area contributed by atoms with Crippen LogP contribution in [0.4, 0.5) is 0 Å². The first-order valence-electron chi connectivity index (χ1n) is 11.6. The van der Waals surface area contributed by atoms with Crippen LogP contribution in [0.25, 0.3) is 0 Å². The van der Waals surface area contributed by atoms with Gasteiger partial charge in [-0.2, -0.15) is 0 Å². The summed E-state index contributed by atoms with van der Waals surface area (Å²) in [5, 5.41) is 0. The predicted octanol–water partition coefficient (Wildman–Crippen LogP) is 5.72. The normalized spacial score (nSPS) is 45.2. The van der Waals surface area contributed by atoms with E-state index in [0.717, 1.165) is 18.4 Å². The molecule has 0 aromatic heterocycles. The van der Waals surface area contributed by atoms with Gasteiger partial charge in [-0.25, -0.2) is 0 Å². The minimum absolute atomic E-state index is 0.0987.